The normalized spacial score (nSPS) is 60.0. The van der Waals surface area contributed by atoms with Gasteiger partial charge in [-0.1, -0.05) is 0 Å². The fraction of sp³-hybridized carbons (Fsp3) is 0.700. The Labute approximate surface area is 160 Å². The van der Waals surface area contributed by atoms with E-state index in [9.17, 15) is 19.8 Å². The highest BCUT2D eigenvalue weighted by molar-refractivity contribution is 6.06. The fourth-order valence-corrected chi connectivity index (χ4v) is 6.86. The van der Waals surface area contributed by atoms with E-state index in [1.165, 1.54) is 6.26 Å². The van der Waals surface area contributed by atoms with E-state index in [2.05, 4.69) is 0 Å². The molecule has 0 aromatic carbocycles. The van der Waals surface area contributed by atoms with Gasteiger partial charge in [0.25, 0.3) is 0 Å². The Morgan fingerprint density at radius 2 is 1.68 bits per heavy atom. The van der Waals surface area contributed by atoms with Gasteiger partial charge in [-0.05, 0) is 19.4 Å². The summed E-state index contributed by atoms with van der Waals surface area (Å²) in [6.45, 7) is 3.77. The standard InChI is InChI=1S/C20H20O8/c1-4-7-8-9(13(23)16-15(27-16)12(8)22)19(26-4)20-6(3-25-5(2)10(7)20)11(21)14-17(28-14)18(20)24/h3-5,7,10-11,13-17,19,21,23H,1-2H3/t4-,5+,7+,10-,11-,13-,14-,15+,16-,17-,19+,20-/m1/s1. The first kappa shape index (κ1) is 16.2. The van der Waals surface area contributed by atoms with E-state index in [0.717, 1.165) is 0 Å². The van der Waals surface area contributed by atoms with E-state index in [1.807, 2.05) is 13.8 Å². The molecule has 4 fully saturated rings. The van der Waals surface area contributed by atoms with Crippen LogP contribution in [0.3, 0.4) is 0 Å². The molecule has 0 aromatic rings. The number of Topliss-reactive ketones (excluding diaryl/α,β-unsaturated/α-hetero) is 2. The lowest BCUT2D eigenvalue weighted by atomic mass is 9.45. The van der Waals surface area contributed by atoms with E-state index in [4.69, 9.17) is 18.9 Å². The van der Waals surface area contributed by atoms with Crippen molar-refractivity contribution < 1.29 is 38.7 Å². The molecule has 0 radical (unpaired) electrons. The number of carbonyl (C=O) groups is 2. The summed E-state index contributed by atoms with van der Waals surface area (Å²) >= 11 is 0. The van der Waals surface area contributed by atoms with Crippen molar-refractivity contribution >= 4 is 11.6 Å². The van der Waals surface area contributed by atoms with Gasteiger partial charge in [-0.15, -0.1) is 0 Å². The summed E-state index contributed by atoms with van der Waals surface area (Å²) in [7, 11) is 0. The molecule has 8 nitrogen and oxygen atoms in total. The van der Waals surface area contributed by atoms with Crippen molar-refractivity contribution in [2.24, 2.45) is 17.3 Å². The van der Waals surface area contributed by atoms with Crippen LogP contribution in [0.15, 0.2) is 23.0 Å². The molecule has 0 aromatic heterocycles. The van der Waals surface area contributed by atoms with Crippen LogP contribution in [-0.2, 0) is 28.5 Å². The quantitative estimate of drug-likeness (QED) is 0.509. The molecule has 5 aliphatic heterocycles. The van der Waals surface area contributed by atoms with Crippen LogP contribution in [0.5, 0.6) is 0 Å². The summed E-state index contributed by atoms with van der Waals surface area (Å²) in [6.07, 6.45) is -4.40. The molecule has 8 heteroatoms. The lowest BCUT2D eigenvalue weighted by Gasteiger charge is -2.63. The molecule has 12 atom stereocenters. The molecule has 3 saturated heterocycles. The molecular weight excluding hydrogens is 368 g/mol. The maximum atomic E-state index is 13.7. The third-order valence-electron chi connectivity index (χ3n) is 8.00. The van der Waals surface area contributed by atoms with Crippen molar-refractivity contribution in [1.82, 2.24) is 0 Å². The Morgan fingerprint density at radius 1 is 0.964 bits per heavy atom. The number of epoxide rings is 2. The zero-order chi connectivity index (χ0) is 19.3. The average Bonchev–Trinajstić information content (AvgIpc) is 3.57. The smallest absolute Gasteiger partial charge is 0.190 e. The lowest BCUT2D eigenvalue weighted by molar-refractivity contribution is -0.210. The minimum absolute atomic E-state index is 0.113. The summed E-state index contributed by atoms with van der Waals surface area (Å²) in [6, 6.07) is 0. The number of ketones is 2. The molecule has 28 heavy (non-hydrogen) atoms. The maximum Gasteiger partial charge on any atom is 0.190 e. The number of hydrogen-bond acceptors (Lipinski definition) is 8. The fourth-order valence-electron chi connectivity index (χ4n) is 6.86. The Kier molecular flexibility index (Phi) is 2.67. The van der Waals surface area contributed by atoms with Crippen LogP contribution in [-0.4, -0.2) is 76.7 Å². The molecule has 148 valence electrons. The second-order valence-corrected chi connectivity index (χ2v) is 9.09. The monoisotopic (exact) mass is 388 g/mol. The van der Waals surface area contributed by atoms with Crippen molar-refractivity contribution in [3.63, 3.8) is 0 Å². The summed E-state index contributed by atoms with van der Waals surface area (Å²) in [5.41, 5.74) is 0.269. The topological polar surface area (TPSA) is 118 Å². The first-order valence-electron chi connectivity index (χ1n) is 9.90. The van der Waals surface area contributed by atoms with Crippen LogP contribution in [0, 0.1) is 17.3 Å². The van der Waals surface area contributed by atoms with E-state index >= 15 is 0 Å². The molecular formula is C20H20O8. The largest absolute Gasteiger partial charge is 0.498 e. The number of hydrogen-bond donors (Lipinski definition) is 2. The van der Waals surface area contributed by atoms with Crippen LogP contribution in [0.25, 0.3) is 0 Å². The zero-order valence-corrected chi connectivity index (χ0v) is 15.3. The van der Waals surface area contributed by atoms with Gasteiger partial charge in [-0.3, -0.25) is 9.59 Å². The molecule has 8 rings (SSSR count). The van der Waals surface area contributed by atoms with Crippen LogP contribution < -0.4 is 0 Å². The number of aliphatic hydroxyl groups excluding tert-OH is 2. The SMILES string of the molecule is C[C@@H]1OC=C2[C@@H](O)[C@H]3O[C@H]3C(=O)[C@]23[C@H]1[C@@H]1C2=C([C@@H](O)[C@H]4O[C@H]4C2=O)[C@@H]3O[C@@H]1C. The molecule has 1 saturated carbocycles. The van der Waals surface area contributed by atoms with Gasteiger partial charge in [0, 0.05) is 23.0 Å². The second-order valence-electron chi connectivity index (χ2n) is 9.09. The molecule has 2 bridgehead atoms. The van der Waals surface area contributed by atoms with Gasteiger partial charge in [0.2, 0.25) is 0 Å². The average molecular weight is 388 g/mol. The minimum atomic E-state index is -1.19. The van der Waals surface area contributed by atoms with E-state index in [0.29, 0.717) is 16.7 Å². The Balaban J connectivity index is 1.52. The maximum absolute atomic E-state index is 13.7. The van der Waals surface area contributed by atoms with Crippen LogP contribution in [0.4, 0.5) is 0 Å². The number of ether oxygens (including phenoxy) is 4. The predicted octanol–water partition coefficient (Wildman–Crippen LogP) is -0.973. The second kappa shape index (κ2) is 4.60. The van der Waals surface area contributed by atoms with E-state index < -0.39 is 54.1 Å². The van der Waals surface area contributed by atoms with Crippen LogP contribution >= 0.6 is 0 Å². The number of fused-ring (bicyclic) bond motifs is 3. The molecule has 8 aliphatic rings. The molecule has 0 unspecified atom stereocenters. The molecule has 1 spiro atoms. The van der Waals surface area contributed by atoms with Crippen molar-refractivity contribution in [3.05, 3.63) is 23.0 Å². The zero-order valence-electron chi connectivity index (χ0n) is 15.3. The summed E-state index contributed by atoms with van der Waals surface area (Å²) < 4.78 is 23.1. The highest BCUT2D eigenvalue weighted by Gasteiger charge is 2.78. The molecule has 5 heterocycles. The number of carbonyl (C=O) groups excluding carboxylic acids is 2. The summed E-state index contributed by atoms with van der Waals surface area (Å²) in [5.74, 6) is -1.05. The van der Waals surface area contributed by atoms with Crippen LogP contribution in [0.2, 0.25) is 0 Å². The van der Waals surface area contributed by atoms with Gasteiger partial charge in [0.05, 0.1) is 30.0 Å². The first-order valence-corrected chi connectivity index (χ1v) is 9.90. The summed E-state index contributed by atoms with van der Waals surface area (Å²) in [5, 5.41) is 21.8. The highest BCUT2D eigenvalue weighted by atomic mass is 16.6. The molecule has 3 aliphatic carbocycles. The van der Waals surface area contributed by atoms with Gasteiger partial charge in [0.15, 0.2) is 11.6 Å². The predicted molar refractivity (Wildman–Crippen MR) is 88.8 cm³/mol. The number of aliphatic hydroxyl groups is 2. The third kappa shape index (κ3) is 1.47. The lowest BCUT2D eigenvalue weighted by Crippen LogP contribution is -2.72. The Bertz CT molecular complexity index is 921. The van der Waals surface area contributed by atoms with Crippen molar-refractivity contribution in [2.45, 2.75) is 68.8 Å². The van der Waals surface area contributed by atoms with Gasteiger partial charge in [-0.25, -0.2) is 0 Å². The Morgan fingerprint density at radius 3 is 2.46 bits per heavy atom. The Hall–Kier alpha value is -1.58. The minimum Gasteiger partial charge on any atom is -0.498 e. The first-order chi connectivity index (χ1) is 13.4. The van der Waals surface area contributed by atoms with E-state index in [1.54, 1.807) is 0 Å². The number of rotatable bonds is 0. The van der Waals surface area contributed by atoms with Crippen LogP contribution in [0.1, 0.15) is 13.8 Å². The van der Waals surface area contributed by atoms with Gasteiger partial charge in [-0.2, -0.15) is 0 Å². The molecule has 0 amide bonds. The van der Waals surface area contributed by atoms with Crippen molar-refractivity contribution in [3.8, 4) is 0 Å². The van der Waals surface area contributed by atoms with Gasteiger partial charge >= 0.3 is 0 Å². The van der Waals surface area contributed by atoms with E-state index in [-0.39, 0.29) is 29.7 Å². The van der Waals surface area contributed by atoms with Gasteiger partial charge in [0.1, 0.15) is 36.6 Å². The van der Waals surface area contributed by atoms with Crippen molar-refractivity contribution in [1.29, 1.82) is 0 Å². The highest BCUT2D eigenvalue weighted by Crippen LogP contribution is 2.67. The third-order valence-corrected chi connectivity index (χ3v) is 8.00. The molecule has 2 N–H and O–H groups in total. The van der Waals surface area contributed by atoms with Gasteiger partial charge < -0.3 is 29.2 Å². The van der Waals surface area contributed by atoms with Crippen molar-refractivity contribution in [2.75, 3.05) is 0 Å². The summed E-state index contributed by atoms with van der Waals surface area (Å²) in [4.78, 5) is 26.7.